The molecule has 1 aliphatic rings. The molecule has 1 aromatic carbocycles. The van der Waals surface area contributed by atoms with Crippen molar-refractivity contribution in [1.29, 1.82) is 0 Å². The van der Waals surface area contributed by atoms with Crippen LogP contribution in [-0.4, -0.2) is 60.7 Å². The molecule has 4 atom stereocenters. The van der Waals surface area contributed by atoms with E-state index in [1.165, 1.54) is 17.0 Å². The molecule has 0 amide bonds. The van der Waals surface area contributed by atoms with Crippen molar-refractivity contribution < 1.29 is 24.5 Å². The van der Waals surface area contributed by atoms with Gasteiger partial charge in [-0.3, -0.25) is 0 Å². The first-order valence-corrected chi connectivity index (χ1v) is 9.66. The Hall–Kier alpha value is -3.08. The van der Waals surface area contributed by atoms with Gasteiger partial charge < -0.3 is 25.0 Å². The number of aryl methyl sites for hydroxylation is 1. The number of carbonyl (C=O) groups excluding carboxylic acids is 1. The van der Waals surface area contributed by atoms with Gasteiger partial charge in [0.15, 0.2) is 17.6 Å². The van der Waals surface area contributed by atoms with Crippen LogP contribution in [0.4, 0.5) is 5.82 Å². The highest BCUT2D eigenvalue weighted by molar-refractivity contribution is 5.76. The highest BCUT2D eigenvalue weighted by Gasteiger charge is 2.49. The maximum atomic E-state index is 12.0. The number of hydrogen-bond acceptors (Lipinski definition) is 9. The first-order valence-electron chi connectivity index (χ1n) is 9.66. The smallest absolute Gasteiger partial charge is 0.338 e. The topological polar surface area (TPSA) is 131 Å². The number of rotatable bonds is 6. The first kappa shape index (κ1) is 20.2. The van der Waals surface area contributed by atoms with Crippen LogP contribution in [0.3, 0.4) is 0 Å². The fourth-order valence-electron chi connectivity index (χ4n) is 3.50. The number of ether oxygens (including phenoxy) is 2. The average Bonchev–Trinajstić information content (AvgIpc) is 3.28. The summed E-state index contributed by atoms with van der Waals surface area (Å²) in [4.78, 5) is 20.6. The van der Waals surface area contributed by atoms with Crippen molar-refractivity contribution in [1.82, 2.24) is 19.6 Å². The molecule has 3 aromatic rings. The summed E-state index contributed by atoms with van der Waals surface area (Å²) in [6.07, 6.45) is -2.19. The zero-order valence-corrected chi connectivity index (χ0v) is 16.6. The molecule has 10 nitrogen and oxygen atoms in total. The van der Waals surface area contributed by atoms with Crippen molar-refractivity contribution in [3.05, 3.63) is 53.6 Å². The van der Waals surface area contributed by atoms with Crippen LogP contribution in [0.15, 0.2) is 36.8 Å². The van der Waals surface area contributed by atoms with Gasteiger partial charge >= 0.3 is 5.97 Å². The van der Waals surface area contributed by atoms with Gasteiger partial charge in [0.1, 0.15) is 24.6 Å². The minimum Gasteiger partial charge on any atom is -0.464 e. The Morgan fingerprint density at radius 1 is 1.30 bits per heavy atom. The Morgan fingerprint density at radius 3 is 2.90 bits per heavy atom. The zero-order chi connectivity index (χ0) is 21.3. The van der Waals surface area contributed by atoms with Crippen LogP contribution in [-0.2, 0) is 20.8 Å². The van der Waals surface area contributed by atoms with Crippen LogP contribution >= 0.6 is 0 Å². The molecule has 2 aromatic heterocycles. The largest absolute Gasteiger partial charge is 0.464 e. The first-order chi connectivity index (χ1) is 14.5. The monoisotopic (exact) mass is 413 g/mol. The van der Waals surface area contributed by atoms with Gasteiger partial charge in [-0.05, 0) is 19.4 Å². The van der Waals surface area contributed by atoms with Gasteiger partial charge in [0.25, 0.3) is 0 Å². The van der Waals surface area contributed by atoms with Gasteiger partial charge in [0.05, 0.1) is 18.5 Å². The number of aromatic nitrogens is 4. The number of esters is 1. The number of nitrogens with zero attached hydrogens (tertiary/aromatic N) is 4. The van der Waals surface area contributed by atoms with E-state index in [1.54, 1.807) is 6.92 Å². The van der Waals surface area contributed by atoms with Crippen LogP contribution in [0, 0.1) is 6.92 Å². The van der Waals surface area contributed by atoms with E-state index >= 15 is 0 Å². The number of fused-ring (bicyclic) bond motifs is 1. The molecule has 0 saturated carbocycles. The summed E-state index contributed by atoms with van der Waals surface area (Å²) >= 11 is 0. The predicted octanol–water partition coefficient (Wildman–Crippen LogP) is 0.770. The number of nitrogens with one attached hydrogen (secondary N) is 1. The summed E-state index contributed by atoms with van der Waals surface area (Å²) in [5.41, 5.74) is 3.08. The maximum absolute atomic E-state index is 12.0. The SMILES string of the molecule is CCOC(=O)C1OC(c2cnc3c(NCc4cccc(C)c4)ncnn23)C(O)C1O. The second kappa shape index (κ2) is 8.34. The van der Waals surface area contributed by atoms with E-state index in [1.807, 2.05) is 25.1 Å². The number of benzene rings is 1. The number of imidazole rings is 1. The standard InChI is InChI=1S/C20H23N5O5/c1-3-29-20(28)17-15(27)14(26)16(30-17)13-9-22-19-18(23-10-24-25(13)19)21-8-12-6-4-5-11(2)7-12/h4-7,9-10,14-17,26-27H,3,8H2,1-2H3,(H,21,23,24). The van der Waals surface area contributed by atoms with Crippen LogP contribution in [0.2, 0.25) is 0 Å². The molecule has 3 N–H and O–H groups in total. The van der Waals surface area contributed by atoms with E-state index in [-0.39, 0.29) is 6.61 Å². The quantitative estimate of drug-likeness (QED) is 0.501. The summed E-state index contributed by atoms with van der Waals surface area (Å²) in [5, 5.41) is 28.1. The molecule has 10 heteroatoms. The van der Waals surface area contributed by atoms with Crippen molar-refractivity contribution in [2.45, 2.75) is 44.8 Å². The Morgan fingerprint density at radius 2 is 2.13 bits per heavy atom. The summed E-state index contributed by atoms with van der Waals surface area (Å²) < 4.78 is 12.0. The second-order valence-electron chi connectivity index (χ2n) is 7.08. The lowest BCUT2D eigenvalue weighted by Crippen LogP contribution is -2.36. The molecule has 0 spiro atoms. The molecular weight excluding hydrogens is 390 g/mol. The van der Waals surface area contributed by atoms with Crippen LogP contribution in [0.25, 0.3) is 5.65 Å². The summed E-state index contributed by atoms with van der Waals surface area (Å²) in [6.45, 7) is 4.37. The molecule has 1 aliphatic heterocycles. The van der Waals surface area contributed by atoms with Gasteiger partial charge in [0.2, 0.25) is 0 Å². The van der Waals surface area contributed by atoms with Gasteiger partial charge in [-0.2, -0.15) is 5.10 Å². The van der Waals surface area contributed by atoms with Gasteiger partial charge in [0, 0.05) is 6.54 Å². The molecule has 4 rings (SSSR count). The molecule has 158 valence electrons. The molecule has 4 unspecified atom stereocenters. The van der Waals surface area contributed by atoms with Crippen LogP contribution in [0.5, 0.6) is 0 Å². The highest BCUT2D eigenvalue weighted by Crippen LogP contribution is 2.34. The molecule has 3 heterocycles. The number of aliphatic hydroxyl groups is 2. The molecule has 0 radical (unpaired) electrons. The maximum Gasteiger partial charge on any atom is 0.338 e. The van der Waals surface area contributed by atoms with Crippen molar-refractivity contribution in [2.75, 3.05) is 11.9 Å². The molecule has 0 bridgehead atoms. The summed E-state index contributed by atoms with van der Waals surface area (Å²) in [5.74, 6) is -0.219. The third-order valence-corrected chi connectivity index (χ3v) is 4.95. The fourth-order valence-corrected chi connectivity index (χ4v) is 3.50. The Bertz CT molecular complexity index is 1050. The van der Waals surface area contributed by atoms with Crippen molar-refractivity contribution >= 4 is 17.4 Å². The van der Waals surface area contributed by atoms with E-state index in [0.29, 0.717) is 23.7 Å². The normalized spacial score (nSPS) is 23.6. The number of hydrogen-bond donors (Lipinski definition) is 3. The van der Waals surface area contributed by atoms with Crippen LogP contribution < -0.4 is 5.32 Å². The lowest BCUT2D eigenvalue weighted by atomic mass is 10.1. The summed E-state index contributed by atoms with van der Waals surface area (Å²) in [7, 11) is 0. The van der Waals surface area contributed by atoms with E-state index < -0.39 is 30.4 Å². The molecule has 1 saturated heterocycles. The molecule has 1 fully saturated rings. The van der Waals surface area contributed by atoms with E-state index in [2.05, 4.69) is 26.4 Å². The molecule has 0 aliphatic carbocycles. The number of anilines is 1. The predicted molar refractivity (Wildman–Crippen MR) is 106 cm³/mol. The lowest BCUT2D eigenvalue weighted by Gasteiger charge is -2.13. The zero-order valence-electron chi connectivity index (χ0n) is 16.6. The van der Waals surface area contributed by atoms with Crippen molar-refractivity contribution in [3.63, 3.8) is 0 Å². The fraction of sp³-hybridized carbons (Fsp3) is 0.400. The van der Waals surface area contributed by atoms with Crippen molar-refractivity contribution in [2.24, 2.45) is 0 Å². The average molecular weight is 413 g/mol. The summed E-state index contributed by atoms with van der Waals surface area (Å²) in [6, 6.07) is 8.09. The second-order valence-corrected chi connectivity index (χ2v) is 7.08. The van der Waals surface area contributed by atoms with E-state index in [4.69, 9.17) is 9.47 Å². The Labute approximate surface area is 172 Å². The Balaban J connectivity index is 1.58. The van der Waals surface area contributed by atoms with Crippen LogP contribution in [0.1, 0.15) is 29.8 Å². The van der Waals surface area contributed by atoms with E-state index in [9.17, 15) is 15.0 Å². The van der Waals surface area contributed by atoms with Gasteiger partial charge in [-0.1, -0.05) is 29.8 Å². The van der Waals surface area contributed by atoms with Gasteiger partial charge in [-0.25, -0.2) is 19.3 Å². The highest BCUT2D eigenvalue weighted by atomic mass is 16.6. The minimum atomic E-state index is -1.42. The lowest BCUT2D eigenvalue weighted by molar-refractivity contribution is -0.159. The Kier molecular flexibility index (Phi) is 5.62. The molecule has 30 heavy (non-hydrogen) atoms. The number of aliphatic hydroxyl groups excluding tert-OH is 2. The number of carbonyl (C=O) groups is 1. The third-order valence-electron chi connectivity index (χ3n) is 4.95. The third kappa shape index (κ3) is 3.72. The minimum absolute atomic E-state index is 0.144. The van der Waals surface area contributed by atoms with E-state index in [0.717, 1.165) is 11.1 Å². The van der Waals surface area contributed by atoms with Gasteiger partial charge in [-0.15, -0.1) is 0 Å². The van der Waals surface area contributed by atoms with Crippen molar-refractivity contribution in [3.8, 4) is 0 Å². The molecular formula is C20H23N5O5.